The molecule has 1 aromatic heterocycles. The van der Waals surface area contributed by atoms with Crippen molar-refractivity contribution >= 4 is 12.2 Å². The number of pyridine rings is 1. The summed E-state index contributed by atoms with van der Waals surface area (Å²) >= 11 is 0. The van der Waals surface area contributed by atoms with Crippen molar-refractivity contribution in [2.24, 2.45) is 0 Å². The molecule has 0 spiro atoms. The van der Waals surface area contributed by atoms with Crippen LogP contribution in [0.25, 0.3) is 12.2 Å². The Hall–Kier alpha value is -2.29. The van der Waals surface area contributed by atoms with Crippen LogP contribution in [0.15, 0.2) is 42.7 Å². The lowest BCUT2D eigenvalue weighted by Crippen LogP contribution is -1.92. The van der Waals surface area contributed by atoms with E-state index < -0.39 is 0 Å². The predicted molar refractivity (Wildman–Crippen MR) is 65.7 cm³/mol. The molecule has 0 amide bonds. The van der Waals surface area contributed by atoms with Crippen molar-refractivity contribution in [3.8, 4) is 11.5 Å². The van der Waals surface area contributed by atoms with Crippen LogP contribution in [-0.4, -0.2) is 11.8 Å². The summed E-state index contributed by atoms with van der Waals surface area (Å²) in [5.41, 5.74) is 2.21. The largest absolute Gasteiger partial charge is 0.454 e. The fourth-order valence-corrected chi connectivity index (χ4v) is 1.68. The molecule has 0 fully saturated rings. The van der Waals surface area contributed by atoms with E-state index in [-0.39, 0.29) is 0 Å². The van der Waals surface area contributed by atoms with E-state index in [2.05, 4.69) is 4.98 Å². The zero-order valence-electron chi connectivity index (χ0n) is 9.17. The Kier molecular flexibility index (Phi) is 2.50. The summed E-state index contributed by atoms with van der Waals surface area (Å²) in [6, 6.07) is 9.83. The molecule has 0 saturated carbocycles. The van der Waals surface area contributed by atoms with Gasteiger partial charge in [-0.15, -0.1) is 0 Å². The van der Waals surface area contributed by atoms with Gasteiger partial charge >= 0.3 is 0 Å². The molecule has 1 aliphatic rings. The maximum absolute atomic E-state index is 5.33. The van der Waals surface area contributed by atoms with E-state index in [1.807, 2.05) is 42.5 Å². The summed E-state index contributed by atoms with van der Waals surface area (Å²) in [5.74, 6) is 1.62. The first-order valence-electron chi connectivity index (χ1n) is 5.39. The van der Waals surface area contributed by atoms with Crippen molar-refractivity contribution in [2.75, 3.05) is 6.79 Å². The fraction of sp³-hybridized carbons (Fsp3) is 0.0714. The highest BCUT2D eigenvalue weighted by Crippen LogP contribution is 2.32. The number of aromatic nitrogens is 1. The summed E-state index contributed by atoms with van der Waals surface area (Å²) in [5, 5.41) is 0. The van der Waals surface area contributed by atoms with E-state index >= 15 is 0 Å². The average molecular weight is 225 g/mol. The molecule has 2 heterocycles. The van der Waals surface area contributed by atoms with Crippen LogP contribution in [0, 0.1) is 0 Å². The zero-order valence-corrected chi connectivity index (χ0v) is 9.17. The van der Waals surface area contributed by atoms with E-state index in [0.717, 1.165) is 22.6 Å². The molecule has 1 aliphatic heterocycles. The van der Waals surface area contributed by atoms with Crippen LogP contribution in [0.5, 0.6) is 11.5 Å². The van der Waals surface area contributed by atoms with Crippen molar-refractivity contribution in [3.05, 3.63) is 53.9 Å². The van der Waals surface area contributed by atoms with Gasteiger partial charge in [0.05, 0.1) is 0 Å². The van der Waals surface area contributed by atoms with Crippen molar-refractivity contribution < 1.29 is 9.47 Å². The van der Waals surface area contributed by atoms with Gasteiger partial charge in [0.1, 0.15) is 0 Å². The van der Waals surface area contributed by atoms with E-state index in [1.54, 1.807) is 12.4 Å². The third-order valence-corrected chi connectivity index (χ3v) is 2.57. The van der Waals surface area contributed by atoms with Crippen molar-refractivity contribution in [1.29, 1.82) is 0 Å². The number of ether oxygens (including phenoxy) is 2. The van der Waals surface area contributed by atoms with E-state index in [9.17, 15) is 0 Å². The summed E-state index contributed by atoms with van der Waals surface area (Å²) in [6.45, 7) is 0.312. The van der Waals surface area contributed by atoms with E-state index in [0.29, 0.717) is 6.79 Å². The molecule has 0 saturated heterocycles. The van der Waals surface area contributed by atoms with Gasteiger partial charge in [-0.1, -0.05) is 18.2 Å². The molecule has 0 unspecified atom stereocenters. The minimum atomic E-state index is 0.312. The smallest absolute Gasteiger partial charge is 0.231 e. The van der Waals surface area contributed by atoms with Crippen molar-refractivity contribution in [3.63, 3.8) is 0 Å². The third-order valence-electron chi connectivity index (χ3n) is 2.57. The summed E-state index contributed by atoms with van der Waals surface area (Å²) < 4.78 is 10.6. The molecule has 84 valence electrons. The Morgan fingerprint density at radius 3 is 2.53 bits per heavy atom. The third kappa shape index (κ3) is 2.13. The highest BCUT2D eigenvalue weighted by Gasteiger charge is 2.11. The molecule has 3 heteroatoms. The minimum absolute atomic E-state index is 0.312. The molecule has 0 radical (unpaired) electrons. The SMILES string of the molecule is C(=C\c1ccc2c(c1)OCO2)/c1ccncc1. The van der Waals surface area contributed by atoms with Crippen LogP contribution in [0.1, 0.15) is 11.1 Å². The van der Waals surface area contributed by atoms with Crippen LogP contribution in [0.4, 0.5) is 0 Å². The van der Waals surface area contributed by atoms with Gasteiger partial charge < -0.3 is 9.47 Å². The molecule has 0 atom stereocenters. The lowest BCUT2D eigenvalue weighted by Gasteiger charge is -1.97. The molecule has 0 bridgehead atoms. The standard InChI is InChI=1S/C14H11NO2/c1(11-5-7-15-8-6-11)2-12-3-4-13-14(9-12)17-10-16-13/h1-9H,10H2/b2-1+. The Labute approximate surface area is 99.3 Å². The zero-order chi connectivity index (χ0) is 11.5. The number of benzene rings is 1. The highest BCUT2D eigenvalue weighted by atomic mass is 16.7. The molecule has 1 aromatic carbocycles. The van der Waals surface area contributed by atoms with E-state index in [4.69, 9.17) is 9.47 Å². The van der Waals surface area contributed by atoms with Crippen LogP contribution >= 0.6 is 0 Å². The molecule has 2 aromatic rings. The van der Waals surface area contributed by atoms with Crippen molar-refractivity contribution in [2.45, 2.75) is 0 Å². The summed E-state index contributed by atoms with van der Waals surface area (Å²) in [4.78, 5) is 3.98. The second-order valence-electron chi connectivity index (χ2n) is 3.73. The Bertz CT molecular complexity index is 549. The average Bonchev–Trinajstić information content (AvgIpc) is 2.85. The van der Waals surface area contributed by atoms with Crippen LogP contribution in [0.2, 0.25) is 0 Å². The summed E-state index contributed by atoms with van der Waals surface area (Å²) in [7, 11) is 0. The van der Waals surface area contributed by atoms with Gasteiger partial charge in [-0.05, 0) is 35.4 Å². The lowest BCUT2D eigenvalue weighted by atomic mass is 10.1. The number of hydrogen-bond donors (Lipinski definition) is 0. The molecule has 17 heavy (non-hydrogen) atoms. The fourth-order valence-electron chi connectivity index (χ4n) is 1.68. The van der Waals surface area contributed by atoms with Crippen LogP contribution in [0.3, 0.4) is 0 Å². The molecule has 0 N–H and O–H groups in total. The maximum Gasteiger partial charge on any atom is 0.231 e. The Balaban J connectivity index is 1.84. The van der Waals surface area contributed by atoms with Gasteiger partial charge in [0.25, 0.3) is 0 Å². The lowest BCUT2D eigenvalue weighted by molar-refractivity contribution is 0.174. The van der Waals surface area contributed by atoms with Gasteiger partial charge in [-0.2, -0.15) is 0 Å². The number of rotatable bonds is 2. The van der Waals surface area contributed by atoms with Crippen LogP contribution < -0.4 is 9.47 Å². The van der Waals surface area contributed by atoms with Gasteiger partial charge in [0.2, 0.25) is 6.79 Å². The number of fused-ring (bicyclic) bond motifs is 1. The second kappa shape index (κ2) is 4.29. The molecule has 3 nitrogen and oxygen atoms in total. The summed E-state index contributed by atoms with van der Waals surface area (Å²) in [6.07, 6.45) is 7.63. The van der Waals surface area contributed by atoms with Crippen molar-refractivity contribution in [1.82, 2.24) is 4.98 Å². The Morgan fingerprint density at radius 1 is 0.882 bits per heavy atom. The van der Waals surface area contributed by atoms with Crippen LogP contribution in [-0.2, 0) is 0 Å². The van der Waals surface area contributed by atoms with Gasteiger partial charge in [0, 0.05) is 12.4 Å². The molecule has 0 aliphatic carbocycles. The predicted octanol–water partition coefficient (Wildman–Crippen LogP) is 2.98. The number of nitrogens with zero attached hydrogens (tertiary/aromatic N) is 1. The highest BCUT2D eigenvalue weighted by molar-refractivity contribution is 5.70. The maximum atomic E-state index is 5.33. The first-order valence-corrected chi connectivity index (χ1v) is 5.39. The normalized spacial score (nSPS) is 13.2. The topological polar surface area (TPSA) is 31.4 Å². The first-order chi connectivity index (χ1) is 8.42. The second-order valence-corrected chi connectivity index (χ2v) is 3.73. The van der Waals surface area contributed by atoms with Gasteiger partial charge in [-0.25, -0.2) is 0 Å². The first kappa shape index (κ1) is 9.90. The van der Waals surface area contributed by atoms with Gasteiger partial charge in [-0.3, -0.25) is 4.98 Å². The van der Waals surface area contributed by atoms with Gasteiger partial charge in [0.15, 0.2) is 11.5 Å². The number of hydrogen-bond acceptors (Lipinski definition) is 3. The molecule has 3 rings (SSSR count). The quantitative estimate of drug-likeness (QED) is 0.787. The molecular formula is C14H11NO2. The van der Waals surface area contributed by atoms with E-state index in [1.165, 1.54) is 0 Å². The minimum Gasteiger partial charge on any atom is -0.454 e. The Morgan fingerprint density at radius 2 is 1.65 bits per heavy atom. The monoisotopic (exact) mass is 225 g/mol. The molecular weight excluding hydrogens is 214 g/mol.